The minimum Gasteiger partial charge on any atom is -0.481 e. The SMILES string of the molecule is Cc1c(Cc2nccc3cc(CN4CC[C@H](C(=O)O)C4)cnc23)cccc1-c1cccc(Nc2nccc3cc(CN4CC[C@@H](O)C4)cnc23)c1C. The number of hydrogen-bond donors (Lipinski definition) is 3. The molecule has 0 amide bonds. The van der Waals surface area contributed by atoms with Crippen LogP contribution in [0.25, 0.3) is 32.9 Å². The molecule has 0 unspecified atom stereocenters. The Labute approximate surface area is 303 Å². The first kappa shape index (κ1) is 33.8. The molecule has 2 atom stereocenters. The highest BCUT2D eigenvalue weighted by Crippen LogP contribution is 2.35. The predicted molar refractivity (Wildman–Crippen MR) is 203 cm³/mol. The first-order valence-electron chi connectivity index (χ1n) is 18.1. The topological polar surface area (TPSA) is 128 Å². The van der Waals surface area contributed by atoms with E-state index < -0.39 is 5.97 Å². The number of nitrogens with zero attached hydrogens (tertiary/aromatic N) is 6. The van der Waals surface area contributed by atoms with Gasteiger partial charge in [-0.1, -0.05) is 30.3 Å². The maximum absolute atomic E-state index is 11.4. The lowest BCUT2D eigenvalue weighted by atomic mass is 9.91. The number of carboxylic acid groups (broad SMARTS) is 1. The maximum atomic E-state index is 11.4. The quantitative estimate of drug-likeness (QED) is 0.143. The van der Waals surface area contributed by atoms with E-state index in [1.807, 2.05) is 36.9 Å². The van der Waals surface area contributed by atoms with Gasteiger partial charge in [-0.2, -0.15) is 0 Å². The molecule has 2 saturated heterocycles. The third kappa shape index (κ3) is 6.97. The van der Waals surface area contributed by atoms with Crippen molar-refractivity contribution in [1.29, 1.82) is 0 Å². The number of fused-ring (bicyclic) bond motifs is 2. The van der Waals surface area contributed by atoms with Gasteiger partial charge in [-0.15, -0.1) is 0 Å². The Kier molecular flexibility index (Phi) is 9.36. The fourth-order valence-corrected chi connectivity index (χ4v) is 7.85. The van der Waals surface area contributed by atoms with Crippen LogP contribution in [-0.4, -0.2) is 78.2 Å². The molecular formula is C42H43N7O3. The van der Waals surface area contributed by atoms with Crippen LogP contribution >= 0.6 is 0 Å². The molecule has 2 aliphatic heterocycles. The van der Waals surface area contributed by atoms with Crippen molar-refractivity contribution in [2.75, 3.05) is 31.5 Å². The Bertz CT molecular complexity index is 2290. The van der Waals surface area contributed by atoms with Crippen molar-refractivity contribution in [3.8, 4) is 11.1 Å². The zero-order valence-corrected chi connectivity index (χ0v) is 29.6. The molecule has 0 spiro atoms. The molecule has 52 heavy (non-hydrogen) atoms. The lowest BCUT2D eigenvalue weighted by Crippen LogP contribution is -2.22. The van der Waals surface area contributed by atoms with Gasteiger partial charge in [-0.3, -0.25) is 29.5 Å². The first-order valence-corrected chi connectivity index (χ1v) is 18.1. The molecule has 0 bridgehead atoms. The smallest absolute Gasteiger partial charge is 0.307 e. The summed E-state index contributed by atoms with van der Waals surface area (Å²) in [6.45, 7) is 8.76. The molecule has 0 aliphatic carbocycles. The molecule has 2 aliphatic rings. The number of pyridine rings is 4. The maximum Gasteiger partial charge on any atom is 0.307 e. The van der Waals surface area contributed by atoms with Crippen LogP contribution in [0, 0.1) is 19.8 Å². The predicted octanol–water partition coefficient (Wildman–Crippen LogP) is 6.66. The Hall–Kier alpha value is -5.29. The summed E-state index contributed by atoms with van der Waals surface area (Å²) in [6.07, 6.45) is 9.43. The van der Waals surface area contributed by atoms with E-state index >= 15 is 0 Å². The highest BCUT2D eigenvalue weighted by Gasteiger charge is 2.28. The summed E-state index contributed by atoms with van der Waals surface area (Å²) in [5.74, 6) is -0.287. The summed E-state index contributed by atoms with van der Waals surface area (Å²) >= 11 is 0. The first-order chi connectivity index (χ1) is 25.3. The monoisotopic (exact) mass is 693 g/mol. The van der Waals surface area contributed by atoms with Gasteiger partial charge >= 0.3 is 5.97 Å². The highest BCUT2D eigenvalue weighted by atomic mass is 16.4. The summed E-state index contributed by atoms with van der Waals surface area (Å²) in [7, 11) is 0. The number of aliphatic hydroxyl groups excluding tert-OH is 1. The van der Waals surface area contributed by atoms with Gasteiger partial charge in [0.1, 0.15) is 5.52 Å². The second-order valence-corrected chi connectivity index (χ2v) is 14.4. The number of β-amino-alcohol motifs (C(OH)–C–C–N with tert-alkyl or cyclic N) is 1. The van der Waals surface area contributed by atoms with Crippen molar-refractivity contribution in [2.24, 2.45) is 5.92 Å². The van der Waals surface area contributed by atoms with E-state index in [1.165, 1.54) is 16.7 Å². The number of carboxylic acids is 1. The van der Waals surface area contributed by atoms with Crippen LogP contribution in [0.15, 0.2) is 85.5 Å². The molecule has 10 heteroatoms. The van der Waals surface area contributed by atoms with Crippen LogP contribution in [0.4, 0.5) is 11.5 Å². The molecule has 2 aromatic carbocycles. The van der Waals surface area contributed by atoms with Crippen molar-refractivity contribution >= 4 is 39.3 Å². The average Bonchev–Trinajstić information content (AvgIpc) is 3.79. The summed E-state index contributed by atoms with van der Waals surface area (Å²) in [4.78, 5) is 35.0. The summed E-state index contributed by atoms with van der Waals surface area (Å²) in [5.41, 5.74) is 11.6. The molecule has 8 rings (SSSR count). The van der Waals surface area contributed by atoms with Gasteiger partial charge < -0.3 is 15.5 Å². The largest absolute Gasteiger partial charge is 0.481 e. The average molecular weight is 694 g/mol. The molecular weight excluding hydrogens is 651 g/mol. The zero-order valence-electron chi connectivity index (χ0n) is 29.6. The molecule has 264 valence electrons. The number of benzene rings is 2. The van der Waals surface area contributed by atoms with E-state index in [0.29, 0.717) is 38.3 Å². The second kappa shape index (κ2) is 14.4. The third-order valence-corrected chi connectivity index (χ3v) is 10.7. The number of likely N-dealkylation sites (tertiary alicyclic amines) is 2. The molecule has 4 aromatic heterocycles. The van der Waals surface area contributed by atoms with Gasteiger partial charge in [-0.25, -0.2) is 4.98 Å². The minimum atomic E-state index is -0.713. The Morgan fingerprint density at radius 3 is 2.15 bits per heavy atom. The van der Waals surface area contributed by atoms with Crippen molar-refractivity contribution in [2.45, 2.75) is 52.3 Å². The number of aromatic nitrogens is 4. The third-order valence-electron chi connectivity index (χ3n) is 10.7. The Morgan fingerprint density at radius 1 is 0.788 bits per heavy atom. The van der Waals surface area contributed by atoms with Crippen LogP contribution in [0.1, 0.15) is 46.4 Å². The molecule has 3 N–H and O–H groups in total. The van der Waals surface area contributed by atoms with E-state index in [0.717, 1.165) is 81.5 Å². The van der Waals surface area contributed by atoms with Crippen LogP contribution in [0.5, 0.6) is 0 Å². The van der Waals surface area contributed by atoms with E-state index in [1.54, 1.807) is 0 Å². The molecule has 0 saturated carbocycles. The Balaban J connectivity index is 1.02. The van der Waals surface area contributed by atoms with Crippen LogP contribution in [0.2, 0.25) is 0 Å². The lowest BCUT2D eigenvalue weighted by Gasteiger charge is -2.18. The highest BCUT2D eigenvalue weighted by molar-refractivity contribution is 5.91. The summed E-state index contributed by atoms with van der Waals surface area (Å²) < 4.78 is 0. The summed E-state index contributed by atoms with van der Waals surface area (Å²) in [6, 6.07) is 21.1. The minimum absolute atomic E-state index is 0.240. The van der Waals surface area contributed by atoms with Gasteiger partial charge in [0.25, 0.3) is 0 Å². The van der Waals surface area contributed by atoms with Gasteiger partial charge in [0.15, 0.2) is 5.82 Å². The zero-order chi connectivity index (χ0) is 35.8. The number of carbonyl (C=O) groups is 1. The van der Waals surface area contributed by atoms with E-state index in [-0.39, 0.29) is 12.0 Å². The van der Waals surface area contributed by atoms with Gasteiger partial charge in [0, 0.05) is 80.4 Å². The van der Waals surface area contributed by atoms with E-state index in [2.05, 4.69) is 82.5 Å². The van der Waals surface area contributed by atoms with Crippen LogP contribution < -0.4 is 5.32 Å². The normalized spacial score (nSPS) is 18.1. The second-order valence-electron chi connectivity index (χ2n) is 14.4. The fourth-order valence-electron chi connectivity index (χ4n) is 7.85. The standard InChI is InChI=1S/C42H43N7O3/c1-26-30(19-38-39-31(9-13-43-38)17-28(20-45-39)22-48-15-11-33(24-48)42(51)52)5-3-6-35(26)36-7-4-8-37(27(36)2)47-41-40-32(10-14-44-41)18-29(21-46-40)23-49-16-12-34(50)25-49/h3-10,13-14,17-18,20-21,33-34,50H,11-12,15-16,19,22-25H2,1-2H3,(H,44,47)(H,51,52)/t33-,34+/m0/s1. The van der Waals surface area contributed by atoms with Crippen LogP contribution in [0.3, 0.4) is 0 Å². The Morgan fingerprint density at radius 2 is 1.44 bits per heavy atom. The van der Waals surface area contributed by atoms with Crippen molar-refractivity contribution < 1.29 is 15.0 Å². The van der Waals surface area contributed by atoms with Crippen molar-refractivity contribution in [3.05, 3.63) is 119 Å². The molecule has 2 fully saturated rings. The number of nitrogens with one attached hydrogen (secondary N) is 1. The van der Waals surface area contributed by atoms with Crippen molar-refractivity contribution in [1.82, 2.24) is 29.7 Å². The van der Waals surface area contributed by atoms with Gasteiger partial charge in [0.05, 0.1) is 23.2 Å². The number of aliphatic carboxylic acids is 1. The molecule has 6 aromatic rings. The lowest BCUT2D eigenvalue weighted by molar-refractivity contribution is -0.141. The number of anilines is 2. The number of hydrogen-bond acceptors (Lipinski definition) is 9. The van der Waals surface area contributed by atoms with Crippen LogP contribution in [-0.2, 0) is 24.3 Å². The van der Waals surface area contributed by atoms with E-state index in [9.17, 15) is 15.0 Å². The fraction of sp³-hybridized carbons (Fsp3) is 0.310. The molecule has 10 nitrogen and oxygen atoms in total. The van der Waals surface area contributed by atoms with Gasteiger partial charge in [0.2, 0.25) is 0 Å². The van der Waals surface area contributed by atoms with Gasteiger partial charge in [-0.05, 0) is 103 Å². The molecule has 0 radical (unpaired) electrons. The number of rotatable bonds is 10. The number of aliphatic hydroxyl groups is 1. The van der Waals surface area contributed by atoms with Crippen molar-refractivity contribution in [3.63, 3.8) is 0 Å². The molecule has 6 heterocycles. The summed E-state index contributed by atoms with van der Waals surface area (Å²) in [5, 5.41) is 25.0. The van der Waals surface area contributed by atoms with E-state index in [4.69, 9.17) is 15.0 Å².